The van der Waals surface area contributed by atoms with E-state index >= 15 is 0 Å². The summed E-state index contributed by atoms with van der Waals surface area (Å²) in [7, 11) is 0. The van der Waals surface area contributed by atoms with Crippen molar-refractivity contribution in [1.29, 1.82) is 0 Å². The van der Waals surface area contributed by atoms with E-state index in [1.54, 1.807) is 24.3 Å². The Hall–Kier alpha value is -1.94. The van der Waals surface area contributed by atoms with Gasteiger partial charge in [0.25, 0.3) is 5.91 Å². The lowest BCUT2D eigenvalue weighted by Gasteiger charge is -2.04. The number of aromatic nitrogens is 2. The lowest BCUT2D eigenvalue weighted by atomic mass is 10.2. The minimum absolute atomic E-state index is 0.300. The normalized spacial score (nSPS) is 9.81. The Morgan fingerprint density at radius 2 is 2.06 bits per heavy atom. The number of hydrogen-bond acceptors (Lipinski definition) is 3. The van der Waals surface area contributed by atoms with Crippen LogP contribution in [0.5, 0.6) is 0 Å². The molecule has 1 heterocycles. The third-order valence-corrected chi connectivity index (χ3v) is 2.25. The molecule has 0 spiro atoms. The molecule has 16 heavy (non-hydrogen) atoms. The molecule has 2 rings (SSSR count). The summed E-state index contributed by atoms with van der Waals surface area (Å²) in [5.74, 6) is 0.0959. The number of carbonyl (C=O) groups excluding carboxylic acids is 1. The number of halogens is 1. The van der Waals surface area contributed by atoms with E-state index < -0.39 is 0 Å². The highest BCUT2D eigenvalue weighted by Gasteiger charge is 2.09. The molecule has 0 aliphatic heterocycles. The molecule has 0 bridgehead atoms. The Kier molecular flexibility index (Phi) is 3.12. The first kappa shape index (κ1) is 10.6. The molecule has 5 heteroatoms. The van der Waals surface area contributed by atoms with Gasteiger partial charge in [0.1, 0.15) is 0 Å². The van der Waals surface area contributed by atoms with Gasteiger partial charge in [0, 0.05) is 12.4 Å². The second-order valence-electron chi connectivity index (χ2n) is 3.02. The maximum absolute atomic E-state index is 11.8. The van der Waals surface area contributed by atoms with Crippen molar-refractivity contribution in [3.8, 4) is 0 Å². The third kappa shape index (κ3) is 2.35. The lowest BCUT2D eigenvalue weighted by molar-refractivity contribution is 0.102. The Morgan fingerprint density at radius 1 is 1.25 bits per heavy atom. The predicted molar refractivity (Wildman–Crippen MR) is 61.4 cm³/mol. The number of nitrogens with one attached hydrogen (secondary N) is 1. The first-order valence-corrected chi connectivity index (χ1v) is 4.97. The fraction of sp³-hybridized carbons (Fsp3) is 0. The van der Waals surface area contributed by atoms with Crippen LogP contribution in [-0.4, -0.2) is 15.9 Å². The Balaban J connectivity index is 2.19. The van der Waals surface area contributed by atoms with Crippen molar-refractivity contribution in [2.45, 2.75) is 0 Å². The van der Waals surface area contributed by atoms with Gasteiger partial charge in [-0.3, -0.25) is 9.78 Å². The smallest absolute Gasteiger partial charge is 0.258 e. The van der Waals surface area contributed by atoms with E-state index in [1.165, 1.54) is 18.6 Å². The molecule has 0 aliphatic rings. The standard InChI is InChI=1S/C11H8ClN3O/c12-9-4-2-1-3-8(9)11(16)15-10-7-13-5-6-14-10/h1-7H,(H,14,15,16). The maximum atomic E-state index is 11.8. The van der Waals surface area contributed by atoms with E-state index in [1.807, 2.05) is 0 Å². The number of anilines is 1. The van der Waals surface area contributed by atoms with Crippen molar-refractivity contribution in [3.05, 3.63) is 53.4 Å². The Labute approximate surface area is 97.3 Å². The molecular weight excluding hydrogens is 226 g/mol. The number of amides is 1. The van der Waals surface area contributed by atoms with Gasteiger partial charge in [-0.05, 0) is 12.1 Å². The molecule has 1 aromatic heterocycles. The third-order valence-electron chi connectivity index (χ3n) is 1.92. The average Bonchev–Trinajstić information content (AvgIpc) is 2.31. The number of hydrogen-bond donors (Lipinski definition) is 1. The number of benzene rings is 1. The van der Waals surface area contributed by atoms with E-state index in [0.29, 0.717) is 16.4 Å². The van der Waals surface area contributed by atoms with Crippen molar-refractivity contribution in [2.75, 3.05) is 5.32 Å². The van der Waals surface area contributed by atoms with Crippen LogP contribution >= 0.6 is 11.6 Å². The van der Waals surface area contributed by atoms with Crippen LogP contribution in [0, 0.1) is 0 Å². The molecule has 1 N–H and O–H groups in total. The molecule has 0 saturated heterocycles. The number of nitrogens with zero attached hydrogens (tertiary/aromatic N) is 2. The molecular formula is C11H8ClN3O. The maximum Gasteiger partial charge on any atom is 0.258 e. The van der Waals surface area contributed by atoms with Crippen LogP contribution in [0.1, 0.15) is 10.4 Å². The molecule has 0 fully saturated rings. The van der Waals surface area contributed by atoms with Crippen LogP contribution < -0.4 is 5.32 Å². The second-order valence-corrected chi connectivity index (χ2v) is 3.43. The summed E-state index contributed by atoms with van der Waals surface area (Å²) in [6.07, 6.45) is 4.50. The Bertz CT molecular complexity index is 502. The minimum Gasteiger partial charge on any atom is -0.305 e. The quantitative estimate of drug-likeness (QED) is 0.867. The summed E-state index contributed by atoms with van der Waals surface area (Å²) in [4.78, 5) is 19.6. The van der Waals surface area contributed by atoms with Crippen molar-refractivity contribution >= 4 is 23.3 Å². The number of rotatable bonds is 2. The topological polar surface area (TPSA) is 54.9 Å². The summed E-state index contributed by atoms with van der Waals surface area (Å²) in [5.41, 5.74) is 0.412. The summed E-state index contributed by atoms with van der Waals surface area (Å²) >= 11 is 5.89. The Morgan fingerprint density at radius 3 is 2.75 bits per heavy atom. The van der Waals surface area contributed by atoms with Gasteiger partial charge in [0.15, 0.2) is 5.82 Å². The van der Waals surface area contributed by atoms with E-state index in [0.717, 1.165) is 0 Å². The average molecular weight is 234 g/mol. The van der Waals surface area contributed by atoms with E-state index in [-0.39, 0.29) is 5.91 Å². The largest absolute Gasteiger partial charge is 0.305 e. The van der Waals surface area contributed by atoms with Crippen molar-refractivity contribution in [3.63, 3.8) is 0 Å². The molecule has 0 atom stereocenters. The second kappa shape index (κ2) is 4.72. The fourth-order valence-electron chi connectivity index (χ4n) is 1.19. The van der Waals surface area contributed by atoms with Gasteiger partial charge in [0.05, 0.1) is 16.8 Å². The first-order chi connectivity index (χ1) is 7.77. The van der Waals surface area contributed by atoms with Crippen LogP contribution in [0.4, 0.5) is 5.82 Å². The fourth-order valence-corrected chi connectivity index (χ4v) is 1.41. The molecule has 1 amide bonds. The molecule has 2 aromatic rings. The van der Waals surface area contributed by atoms with Gasteiger partial charge in [-0.15, -0.1) is 0 Å². The molecule has 0 saturated carbocycles. The van der Waals surface area contributed by atoms with Gasteiger partial charge in [-0.25, -0.2) is 4.98 Å². The SMILES string of the molecule is O=C(Nc1cnccn1)c1ccccc1Cl. The van der Waals surface area contributed by atoms with Gasteiger partial charge < -0.3 is 5.32 Å². The first-order valence-electron chi connectivity index (χ1n) is 4.59. The zero-order valence-electron chi connectivity index (χ0n) is 8.22. The molecule has 1 aromatic carbocycles. The summed E-state index contributed by atoms with van der Waals surface area (Å²) in [5, 5.41) is 3.01. The predicted octanol–water partition coefficient (Wildman–Crippen LogP) is 2.38. The lowest BCUT2D eigenvalue weighted by Crippen LogP contribution is -2.13. The monoisotopic (exact) mass is 233 g/mol. The van der Waals surface area contributed by atoms with E-state index in [4.69, 9.17) is 11.6 Å². The van der Waals surface area contributed by atoms with Gasteiger partial charge in [-0.2, -0.15) is 0 Å². The summed E-state index contributed by atoms with van der Waals surface area (Å²) in [6.45, 7) is 0. The minimum atomic E-state index is -0.300. The van der Waals surface area contributed by atoms with E-state index in [9.17, 15) is 4.79 Å². The van der Waals surface area contributed by atoms with Crippen LogP contribution in [0.15, 0.2) is 42.9 Å². The van der Waals surface area contributed by atoms with Crippen LogP contribution in [-0.2, 0) is 0 Å². The molecule has 0 unspecified atom stereocenters. The highest BCUT2D eigenvalue weighted by atomic mass is 35.5. The van der Waals surface area contributed by atoms with Gasteiger partial charge in [-0.1, -0.05) is 23.7 Å². The van der Waals surface area contributed by atoms with Gasteiger partial charge >= 0.3 is 0 Å². The van der Waals surface area contributed by atoms with Crippen molar-refractivity contribution < 1.29 is 4.79 Å². The van der Waals surface area contributed by atoms with Crippen LogP contribution in [0.2, 0.25) is 5.02 Å². The van der Waals surface area contributed by atoms with Crippen LogP contribution in [0.25, 0.3) is 0 Å². The summed E-state index contributed by atoms with van der Waals surface area (Å²) < 4.78 is 0. The highest BCUT2D eigenvalue weighted by Crippen LogP contribution is 2.15. The van der Waals surface area contributed by atoms with Crippen molar-refractivity contribution in [1.82, 2.24) is 9.97 Å². The van der Waals surface area contributed by atoms with Gasteiger partial charge in [0.2, 0.25) is 0 Å². The van der Waals surface area contributed by atoms with Crippen LogP contribution in [0.3, 0.4) is 0 Å². The summed E-state index contributed by atoms with van der Waals surface area (Å²) in [6, 6.07) is 6.82. The van der Waals surface area contributed by atoms with Crippen molar-refractivity contribution in [2.24, 2.45) is 0 Å². The molecule has 0 radical (unpaired) electrons. The molecule has 80 valence electrons. The highest BCUT2D eigenvalue weighted by molar-refractivity contribution is 6.34. The van der Waals surface area contributed by atoms with E-state index in [2.05, 4.69) is 15.3 Å². The zero-order chi connectivity index (χ0) is 11.4. The molecule has 4 nitrogen and oxygen atoms in total. The zero-order valence-corrected chi connectivity index (χ0v) is 8.98. The molecule has 0 aliphatic carbocycles. The number of carbonyl (C=O) groups is 1.